The fraction of sp³-hybridized carbons (Fsp3) is 0.412. The summed E-state index contributed by atoms with van der Waals surface area (Å²) < 4.78 is 0. The monoisotopic (exact) mass is 299 g/mol. The van der Waals surface area contributed by atoms with Crippen LogP contribution < -0.4 is 16.4 Å². The Hall–Kier alpha value is -2.30. The topological polar surface area (TPSA) is 75.9 Å². The van der Waals surface area contributed by atoms with Crippen LogP contribution in [0.25, 0.3) is 0 Å². The number of aromatic nitrogens is 2. The number of hydrogen-bond acceptors (Lipinski definition) is 5. The van der Waals surface area contributed by atoms with Gasteiger partial charge in [-0.05, 0) is 37.8 Å². The number of aryl methyl sites for hydroxylation is 2. The lowest BCUT2D eigenvalue weighted by molar-refractivity contribution is 0.606. The Balaban J connectivity index is 2.14. The average molecular weight is 299 g/mol. The standard InChI is InChI=1S/C17H25N5/c1-11(2)7-8-19-16-15(18)17(21-10-20-16)22-14-6-5-12(3)9-13(14)4/h5-6,9-11H,7-8,18H2,1-4H3,(H2,19,20,21,22). The number of hydrogen-bond donors (Lipinski definition) is 3. The Bertz CT molecular complexity index is 637. The van der Waals surface area contributed by atoms with E-state index in [1.165, 1.54) is 11.9 Å². The molecule has 0 unspecified atom stereocenters. The van der Waals surface area contributed by atoms with Gasteiger partial charge < -0.3 is 16.4 Å². The van der Waals surface area contributed by atoms with E-state index in [0.29, 0.717) is 23.2 Å². The number of nitrogens with one attached hydrogen (secondary N) is 2. The molecule has 5 nitrogen and oxygen atoms in total. The zero-order valence-corrected chi connectivity index (χ0v) is 13.8. The van der Waals surface area contributed by atoms with Crippen LogP contribution in [0.15, 0.2) is 24.5 Å². The van der Waals surface area contributed by atoms with Crippen molar-refractivity contribution in [1.82, 2.24) is 9.97 Å². The second-order valence-corrected chi connectivity index (χ2v) is 6.04. The van der Waals surface area contributed by atoms with E-state index in [1.807, 2.05) is 6.07 Å². The van der Waals surface area contributed by atoms with E-state index >= 15 is 0 Å². The summed E-state index contributed by atoms with van der Waals surface area (Å²) in [5.74, 6) is 1.96. The van der Waals surface area contributed by atoms with Crippen molar-refractivity contribution in [3.63, 3.8) is 0 Å². The lowest BCUT2D eigenvalue weighted by Gasteiger charge is -2.14. The normalized spacial score (nSPS) is 10.8. The molecule has 1 aromatic carbocycles. The molecule has 2 aromatic rings. The van der Waals surface area contributed by atoms with Gasteiger partial charge in [0.2, 0.25) is 0 Å². The van der Waals surface area contributed by atoms with Crippen molar-refractivity contribution in [2.24, 2.45) is 5.92 Å². The highest BCUT2D eigenvalue weighted by Crippen LogP contribution is 2.27. The van der Waals surface area contributed by atoms with Crippen LogP contribution in [0, 0.1) is 19.8 Å². The molecule has 0 aliphatic rings. The summed E-state index contributed by atoms with van der Waals surface area (Å²) in [5, 5.41) is 6.57. The minimum Gasteiger partial charge on any atom is -0.393 e. The number of nitrogen functional groups attached to an aromatic ring is 1. The molecule has 0 amide bonds. The number of nitrogens with zero attached hydrogens (tertiary/aromatic N) is 2. The van der Waals surface area contributed by atoms with E-state index in [0.717, 1.165) is 24.2 Å². The van der Waals surface area contributed by atoms with Crippen molar-refractivity contribution in [3.8, 4) is 0 Å². The highest BCUT2D eigenvalue weighted by molar-refractivity contribution is 5.78. The van der Waals surface area contributed by atoms with Crippen LogP contribution in [0.3, 0.4) is 0 Å². The van der Waals surface area contributed by atoms with Gasteiger partial charge in [0, 0.05) is 12.2 Å². The molecule has 0 atom stereocenters. The number of nitrogens with two attached hydrogens (primary N) is 1. The van der Waals surface area contributed by atoms with Crippen LogP contribution >= 0.6 is 0 Å². The van der Waals surface area contributed by atoms with Crippen LogP contribution in [0.4, 0.5) is 23.0 Å². The molecular weight excluding hydrogens is 274 g/mol. The molecule has 0 bridgehead atoms. The maximum Gasteiger partial charge on any atom is 0.159 e. The smallest absolute Gasteiger partial charge is 0.159 e. The van der Waals surface area contributed by atoms with Gasteiger partial charge in [0.25, 0.3) is 0 Å². The summed E-state index contributed by atoms with van der Waals surface area (Å²) >= 11 is 0. The van der Waals surface area contributed by atoms with Gasteiger partial charge in [0.05, 0.1) is 0 Å². The van der Waals surface area contributed by atoms with E-state index in [2.05, 4.69) is 60.4 Å². The minimum absolute atomic E-state index is 0.547. The van der Waals surface area contributed by atoms with Crippen LogP contribution in [-0.4, -0.2) is 16.5 Å². The van der Waals surface area contributed by atoms with Crippen molar-refractivity contribution in [2.75, 3.05) is 22.9 Å². The fourth-order valence-corrected chi connectivity index (χ4v) is 2.20. The molecule has 1 aromatic heterocycles. The van der Waals surface area contributed by atoms with Crippen LogP contribution in [-0.2, 0) is 0 Å². The largest absolute Gasteiger partial charge is 0.393 e. The van der Waals surface area contributed by atoms with Gasteiger partial charge in [0.15, 0.2) is 11.6 Å². The van der Waals surface area contributed by atoms with Crippen LogP contribution in [0.1, 0.15) is 31.4 Å². The summed E-state index contributed by atoms with van der Waals surface area (Å²) in [6.45, 7) is 9.37. The van der Waals surface area contributed by atoms with E-state index < -0.39 is 0 Å². The van der Waals surface area contributed by atoms with E-state index in [9.17, 15) is 0 Å². The third-order valence-corrected chi connectivity index (χ3v) is 3.53. The van der Waals surface area contributed by atoms with Crippen LogP contribution in [0.5, 0.6) is 0 Å². The van der Waals surface area contributed by atoms with Gasteiger partial charge in [-0.3, -0.25) is 0 Å². The first-order valence-electron chi connectivity index (χ1n) is 7.66. The fourth-order valence-electron chi connectivity index (χ4n) is 2.20. The molecule has 0 aliphatic heterocycles. The van der Waals surface area contributed by atoms with Gasteiger partial charge in [-0.1, -0.05) is 31.5 Å². The molecule has 0 radical (unpaired) electrons. The Kier molecular flexibility index (Phi) is 5.20. The molecule has 5 heteroatoms. The average Bonchev–Trinajstić information content (AvgIpc) is 2.45. The van der Waals surface area contributed by atoms with E-state index in [-0.39, 0.29) is 0 Å². The number of anilines is 4. The SMILES string of the molecule is Cc1ccc(Nc2ncnc(NCCC(C)C)c2N)c(C)c1. The van der Waals surface area contributed by atoms with Crippen molar-refractivity contribution < 1.29 is 0 Å². The lowest BCUT2D eigenvalue weighted by Crippen LogP contribution is -2.10. The van der Waals surface area contributed by atoms with Gasteiger partial charge in [-0.2, -0.15) is 0 Å². The van der Waals surface area contributed by atoms with E-state index in [1.54, 1.807) is 0 Å². The van der Waals surface area contributed by atoms with Gasteiger partial charge in [-0.15, -0.1) is 0 Å². The second-order valence-electron chi connectivity index (χ2n) is 6.04. The van der Waals surface area contributed by atoms with Gasteiger partial charge in [-0.25, -0.2) is 9.97 Å². The molecular formula is C17H25N5. The third-order valence-electron chi connectivity index (χ3n) is 3.53. The molecule has 0 saturated heterocycles. The highest BCUT2D eigenvalue weighted by Gasteiger charge is 2.09. The molecule has 2 rings (SSSR count). The summed E-state index contributed by atoms with van der Waals surface area (Å²) in [6.07, 6.45) is 2.60. The molecule has 0 fully saturated rings. The van der Waals surface area contributed by atoms with Crippen molar-refractivity contribution in [1.29, 1.82) is 0 Å². The zero-order valence-electron chi connectivity index (χ0n) is 13.8. The van der Waals surface area contributed by atoms with Crippen molar-refractivity contribution in [3.05, 3.63) is 35.7 Å². The number of benzene rings is 1. The molecule has 118 valence electrons. The Labute approximate surface area is 132 Å². The minimum atomic E-state index is 0.547. The predicted molar refractivity (Wildman–Crippen MR) is 93.6 cm³/mol. The molecule has 1 heterocycles. The molecule has 22 heavy (non-hydrogen) atoms. The molecule has 0 aliphatic carbocycles. The molecule has 4 N–H and O–H groups in total. The summed E-state index contributed by atoms with van der Waals surface area (Å²) in [4.78, 5) is 8.48. The number of rotatable bonds is 6. The Morgan fingerprint density at radius 3 is 2.55 bits per heavy atom. The summed E-state index contributed by atoms with van der Waals surface area (Å²) in [5.41, 5.74) is 10.1. The lowest BCUT2D eigenvalue weighted by atomic mass is 10.1. The summed E-state index contributed by atoms with van der Waals surface area (Å²) in [6, 6.07) is 6.23. The van der Waals surface area contributed by atoms with Crippen molar-refractivity contribution >= 4 is 23.0 Å². The van der Waals surface area contributed by atoms with E-state index in [4.69, 9.17) is 5.73 Å². The first kappa shape index (κ1) is 16.1. The maximum atomic E-state index is 6.18. The second kappa shape index (κ2) is 7.11. The van der Waals surface area contributed by atoms with Gasteiger partial charge in [0.1, 0.15) is 12.0 Å². The Morgan fingerprint density at radius 1 is 1.14 bits per heavy atom. The van der Waals surface area contributed by atoms with Crippen LogP contribution in [0.2, 0.25) is 0 Å². The third kappa shape index (κ3) is 4.10. The zero-order chi connectivity index (χ0) is 16.1. The quantitative estimate of drug-likeness (QED) is 0.754. The first-order chi connectivity index (χ1) is 10.5. The Morgan fingerprint density at radius 2 is 1.86 bits per heavy atom. The first-order valence-corrected chi connectivity index (χ1v) is 7.66. The predicted octanol–water partition coefficient (Wildman–Crippen LogP) is 3.88. The molecule has 0 spiro atoms. The molecule has 0 saturated carbocycles. The van der Waals surface area contributed by atoms with Gasteiger partial charge >= 0.3 is 0 Å². The summed E-state index contributed by atoms with van der Waals surface area (Å²) in [7, 11) is 0. The van der Waals surface area contributed by atoms with Crippen molar-refractivity contribution in [2.45, 2.75) is 34.1 Å². The maximum absolute atomic E-state index is 6.18. The highest BCUT2D eigenvalue weighted by atomic mass is 15.1.